The number of H-pyrrole nitrogens is 1. The highest BCUT2D eigenvalue weighted by Gasteiger charge is 2.46. The number of piperazine rings is 1. The van der Waals surface area contributed by atoms with Gasteiger partial charge in [-0.15, -0.1) is 0 Å². The van der Waals surface area contributed by atoms with E-state index in [0.717, 1.165) is 24.0 Å². The van der Waals surface area contributed by atoms with Crippen LogP contribution in [0.4, 0.5) is 20.8 Å². The van der Waals surface area contributed by atoms with Crippen LogP contribution in [0.1, 0.15) is 45.4 Å². The van der Waals surface area contributed by atoms with Gasteiger partial charge in [-0.2, -0.15) is 10.1 Å². The number of aliphatic hydroxyl groups excluding tert-OH is 1. The van der Waals surface area contributed by atoms with Crippen LogP contribution in [0.5, 0.6) is 6.01 Å². The van der Waals surface area contributed by atoms with E-state index in [2.05, 4.69) is 30.4 Å². The van der Waals surface area contributed by atoms with Crippen molar-refractivity contribution >= 4 is 17.7 Å². The number of carbonyl (C=O) groups excluding carboxylic acids is 1. The van der Waals surface area contributed by atoms with Crippen molar-refractivity contribution in [3.8, 4) is 6.01 Å². The number of carbonyl (C=O) groups is 1. The highest BCUT2D eigenvalue weighted by Crippen LogP contribution is 2.42. The summed E-state index contributed by atoms with van der Waals surface area (Å²) >= 11 is 0. The third-order valence-corrected chi connectivity index (χ3v) is 6.76. The molecule has 2 atom stereocenters. The van der Waals surface area contributed by atoms with Gasteiger partial charge in [-0.3, -0.25) is 10.00 Å². The first-order valence-electron chi connectivity index (χ1n) is 11.6. The van der Waals surface area contributed by atoms with Crippen molar-refractivity contribution in [1.29, 1.82) is 0 Å². The van der Waals surface area contributed by atoms with Crippen LogP contribution in [0.2, 0.25) is 0 Å². The topological polar surface area (TPSA) is 123 Å². The Balaban J connectivity index is 1.56. The van der Waals surface area contributed by atoms with E-state index in [4.69, 9.17) is 4.74 Å². The number of likely N-dealkylation sites (N-methyl/N-ethyl adjacent to an activating group) is 1. The Morgan fingerprint density at radius 1 is 1.38 bits per heavy atom. The summed E-state index contributed by atoms with van der Waals surface area (Å²) in [6, 6.07) is 0.131. The first-order chi connectivity index (χ1) is 16.2. The van der Waals surface area contributed by atoms with Crippen LogP contribution in [0, 0.1) is 5.82 Å². The van der Waals surface area contributed by atoms with E-state index in [9.17, 15) is 14.3 Å². The van der Waals surface area contributed by atoms with E-state index < -0.39 is 11.4 Å². The second-order valence-electron chi connectivity index (χ2n) is 9.37. The fourth-order valence-corrected chi connectivity index (χ4v) is 4.77. The third-order valence-electron chi connectivity index (χ3n) is 6.76. The third kappa shape index (κ3) is 4.27. The zero-order valence-electron chi connectivity index (χ0n) is 20.3. The molecule has 1 fully saturated rings. The molecular formula is C22H33FN8O3. The molecule has 1 saturated heterocycles. The van der Waals surface area contributed by atoms with Gasteiger partial charge in [0.25, 0.3) is 0 Å². The molecule has 0 unspecified atom stereocenters. The molecule has 4 rings (SSSR count). The molecule has 4 heterocycles. The minimum atomic E-state index is -0.643. The Kier molecular flexibility index (Phi) is 6.63. The Morgan fingerprint density at radius 2 is 2.15 bits per heavy atom. The molecule has 2 aliphatic rings. The van der Waals surface area contributed by atoms with Crippen molar-refractivity contribution in [2.45, 2.75) is 58.3 Å². The molecule has 0 radical (unpaired) electrons. The number of nitrogens with zero attached hydrogens (tertiary/aromatic N) is 6. The summed E-state index contributed by atoms with van der Waals surface area (Å²) in [4.78, 5) is 27.5. The second-order valence-corrected chi connectivity index (χ2v) is 9.37. The lowest BCUT2D eigenvalue weighted by Crippen LogP contribution is -2.61. The van der Waals surface area contributed by atoms with E-state index in [-0.39, 0.29) is 36.6 Å². The number of hydrogen-bond donors (Lipinski definition) is 3. The summed E-state index contributed by atoms with van der Waals surface area (Å²) in [6.45, 7) is 9.79. The molecule has 0 saturated carbocycles. The van der Waals surface area contributed by atoms with E-state index in [0.29, 0.717) is 31.9 Å². The zero-order chi connectivity index (χ0) is 24.6. The average Bonchev–Trinajstić information content (AvgIpc) is 3.30. The SMILES string of the molecule is CCOc1ncc(F)c(Nc2n[nH]c3c2CN(C(=O)N2C[C@H](CCO)N(C)C[C@@H]2C)C3(C)C)n1. The van der Waals surface area contributed by atoms with Gasteiger partial charge >= 0.3 is 12.0 Å². The number of hydrogen-bond acceptors (Lipinski definition) is 8. The van der Waals surface area contributed by atoms with Gasteiger partial charge in [0.2, 0.25) is 0 Å². The maximum absolute atomic E-state index is 14.4. The van der Waals surface area contributed by atoms with Crippen LogP contribution < -0.4 is 10.1 Å². The first-order valence-corrected chi connectivity index (χ1v) is 11.6. The number of anilines is 2. The molecule has 2 amide bonds. The summed E-state index contributed by atoms with van der Waals surface area (Å²) in [7, 11) is 2.02. The predicted octanol–water partition coefficient (Wildman–Crippen LogP) is 2.04. The molecule has 2 aliphatic heterocycles. The molecule has 0 aliphatic carbocycles. The fraction of sp³-hybridized carbons (Fsp3) is 0.636. The average molecular weight is 477 g/mol. The maximum Gasteiger partial charge on any atom is 0.321 e. The van der Waals surface area contributed by atoms with Crippen LogP contribution in [-0.2, 0) is 12.1 Å². The van der Waals surface area contributed by atoms with Gasteiger partial charge < -0.3 is 25.0 Å². The van der Waals surface area contributed by atoms with Crippen molar-refractivity contribution in [3.05, 3.63) is 23.3 Å². The van der Waals surface area contributed by atoms with Gasteiger partial charge in [0.1, 0.15) is 0 Å². The highest BCUT2D eigenvalue weighted by atomic mass is 19.1. The van der Waals surface area contributed by atoms with Crippen molar-refractivity contribution < 1.29 is 19.0 Å². The molecule has 0 spiro atoms. The van der Waals surface area contributed by atoms with Crippen molar-refractivity contribution in [2.75, 3.05) is 38.7 Å². The summed E-state index contributed by atoms with van der Waals surface area (Å²) < 4.78 is 19.6. The van der Waals surface area contributed by atoms with Crippen LogP contribution in [0.15, 0.2) is 6.20 Å². The molecule has 186 valence electrons. The first kappa shape index (κ1) is 24.1. The summed E-state index contributed by atoms with van der Waals surface area (Å²) in [5.74, 6) is -0.274. The van der Waals surface area contributed by atoms with Gasteiger partial charge in [0.05, 0.1) is 30.6 Å². The molecule has 12 heteroatoms. The molecule has 2 aromatic heterocycles. The smallest absolute Gasteiger partial charge is 0.321 e. The number of urea groups is 1. The van der Waals surface area contributed by atoms with Crippen LogP contribution in [0.3, 0.4) is 0 Å². The lowest BCUT2D eigenvalue weighted by atomic mass is 10.0. The van der Waals surface area contributed by atoms with Crippen LogP contribution >= 0.6 is 0 Å². The van der Waals surface area contributed by atoms with Gasteiger partial charge in [-0.25, -0.2) is 14.2 Å². The maximum atomic E-state index is 14.4. The van der Waals surface area contributed by atoms with Crippen LogP contribution in [0.25, 0.3) is 0 Å². The number of fused-ring (bicyclic) bond motifs is 1. The quantitative estimate of drug-likeness (QED) is 0.579. The predicted molar refractivity (Wildman–Crippen MR) is 123 cm³/mol. The summed E-state index contributed by atoms with van der Waals surface area (Å²) in [5.41, 5.74) is 0.926. The second kappa shape index (κ2) is 9.34. The number of halogens is 1. The molecule has 34 heavy (non-hydrogen) atoms. The van der Waals surface area contributed by atoms with Gasteiger partial charge in [0, 0.05) is 37.3 Å². The van der Waals surface area contributed by atoms with E-state index in [1.165, 1.54) is 0 Å². The summed E-state index contributed by atoms with van der Waals surface area (Å²) in [6.07, 6.45) is 1.66. The number of nitrogens with one attached hydrogen (secondary N) is 2. The van der Waals surface area contributed by atoms with E-state index >= 15 is 0 Å². The van der Waals surface area contributed by atoms with Crippen molar-refractivity contribution in [3.63, 3.8) is 0 Å². The number of rotatable bonds is 6. The lowest BCUT2D eigenvalue weighted by Gasteiger charge is -2.46. The minimum Gasteiger partial charge on any atom is -0.464 e. The van der Waals surface area contributed by atoms with Gasteiger partial charge in [-0.1, -0.05) is 0 Å². The number of aliphatic hydroxyl groups is 1. The normalized spacial score (nSPS) is 22.1. The number of aromatic nitrogens is 4. The molecular weight excluding hydrogens is 443 g/mol. The van der Waals surface area contributed by atoms with E-state index in [1.807, 2.05) is 32.7 Å². The van der Waals surface area contributed by atoms with E-state index in [1.54, 1.807) is 11.8 Å². The van der Waals surface area contributed by atoms with Crippen LogP contribution in [-0.4, -0.2) is 91.4 Å². The lowest BCUT2D eigenvalue weighted by molar-refractivity contribution is 0.0337. The minimum absolute atomic E-state index is 0.0324. The summed E-state index contributed by atoms with van der Waals surface area (Å²) in [5, 5.41) is 19.7. The number of amides is 2. The Morgan fingerprint density at radius 3 is 2.85 bits per heavy atom. The number of ether oxygens (including phenoxy) is 1. The van der Waals surface area contributed by atoms with Crippen molar-refractivity contribution in [1.82, 2.24) is 34.9 Å². The molecule has 0 aromatic carbocycles. The Hall–Kier alpha value is -2.99. The molecule has 2 aromatic rings. The molecule has 3 N–H and O–H groups in total. The largest absolute Gasteiger partial charge is 0.464 e. The number of aromatic amines is 1. The molecule has 11 nitrogen and oxygen atoms in total. The standard InChI is InChI=1S/C22H33FN8O3/c1-6-34-20-24-9-16(23)19(26-20)25-18-15-12-31(22(3,4)17(15)27-28-18)21(33)30-11-14(7-8-32)29(5)10-13(30)2/h9,13-14,32H,6-8,10-12H2,1-5H3,(H2,24,25,26,27,28)/t13-,14-/m0/s1. The zero-order valence-corrected chi connectivity index (χ0v) is 20.3. The fourth-order valence-electron chi connectivity index (χ4n) is 4.77. The van der Waals surface area contributed by atoms with Gasteiger partial charge in [0.15, 0.2) is 17.5 Å². The van der Waals surface area contributed by atoms with Crippen molar-refractivity contribution in [2.24, 2.45) is 0 Å². The highest BCUT2D eigenvalue weighted by molar-refractivity contribution is 5.78. The Bertz CT molecular complexity index is 1050. The molecule has 0 bridgehead atoms. The monoisotopic (exact) mass is 476 g/mol. The Labute approximate surface area is 198 Å². The van der Waals surface area contributed by atoms with Gasteiger partial charge in [-0.05, 0) is 41.2 Å².